The highest BCUT2D eigenvalue weighted by Crippen LogP contribution is 2.26. The SMILES string of the molecule is O=Nc1ccccc1Nc1ccccn1. The van der Waals surface area contributed by atoms with Crippen molar-refractivity contribution in [3.8, 4) is 0 Å². The first-order valence-electron chi connectivity index (χ1n) is 4.50. The molecule has 2 aromatic rings. The summed E-state index contributed by atoms with van der Waals surface area (Å²) < 4.78 is 0. The molecule has 0 aliphatic heterocycles. The van der Waals surface area contributed by atoms with Gasteiger partial charge in [0.1, 0.15) is 11.5 Å². The van der Waals surface area contributed by atoms with Gasteiger partial charge in [-0.3, -0.25) is 0 Å². The number of nitrogens with one attached hydrogen (secondary N) is 1. The van der Waals surface area contributed by atoms with E-state index in [1.807, 2.05) is 24.3 Å². The predicted octanol–water partition coefficient (Wildman–Crippen LogP) is 3.22. The molecule has 1 aromatic carbocycles. The Morgan fingerprint density at radius 2 is 1.87 bits per heavy atom. The van der Waals surface area contributed by atoms with Gasteiger partial charge in [0, 0.05) is 6.20 Å². The summed E-state index contributed by atoms with van der Waals surface area (Å²) in [6.45, 7) is 0. The number of nitrogens with zero attached hydrogens (tertiary/aromatic N) is 2. The summed E-state index contributed by atoms with van der Waals surface area (Å²) in [5.41, 5.74) is 1.04. The summed E-state index contributed by atoms with van der Waals surface area (Å²) in [6.07, 6.45) is 1.68. The van der Waals surface area contributed by atoms with Gasteiger partial charge in [-0.15, -0.1) is 4.91 Å². The molecule has 15 heavy (non-hydrogen) atoms. The molecule has 0 aliphatic carbocycles. The molecule has 0 spiro atoms. The van der Waals surface area contributed by atoms with Gasteiger partial charge < -0.3 is 5.32 Å². The number of nitroso groups, excluding NO2 is 1. The van der Waals surface area contributed by atoms with Crippen molar-refractivity contribution in [2.45, 2.75) is 0 Å². The number of anilines is 2. The molecule has 0 fully saturated rings. The number of pyridine rings is 1. The molecule has 0 aliphatic rings. The van der Waals surface area contributed by atoms with Crippen molar-refractivity contribution in [3.63, 3.8) is 0 Å². The largest absolute Gasteiger partial charge is 0.338 e. The minimum atomic E-state index is 0.378. The standard InChI is InChI=1S/C11H9N3O/c15-14-10-6-2-1-5-9(10)13-11-7-3-4-8-12-11/h1-8H,(H,12,13). The lowest BCUT2D eigenvalue weighted by atomic mass is 10.2. The Kier molecular flexibility index (Phi) is 2.69. The highest BCUT2D eigenvalue weighted by Gasteiger charge is 2.01. The van der Waals surface area contributed by atoms with Crippen LogP contribution in [-0.4, -0.2) is 4.98 Å². The summed E-state index contributed by atoms with van der Waals surface area (Å²) >= 11 is 0. The van der Waals surface area contributed by atoms with Gasteiger partial charge in [-0.25, -0.2) is 4.98 Å². The van der Waals surface area contributed by atoms with Crippen LogP contribution in [0.5, 0.6) is 0 Å². The van der Waals surface area contributed by atoms with Crippen molar-refractivity contribution in [1.29, 1.82) is 0 Å². The fourth-order valence-electron chi connectivity index (χ4n) is 1.23. The predicted molar refractivity (Wildman–Crippen MR) is 59.4 cm³/mol. The van der Waals surface area contributed by atoms with Gasteiger partial charge in [0.15, 0.2) is 0 Å². The number of hydrogen-bond acceptors (Lipinski definition) is 4. The molecule has 0 saturated heterocycles. The quantitative estimate of drug-likeness (QED) is 0.772. The molecule has 1 N–H and O–H groups in total. The van der Waals surface area contributed by atoms with Crippen LogP contribution < -0.4 is 5.32 Å². The van der Waals surface area contributed by atoms with Gasteiger partial charge in [-0.1, -0.05) is 18.2 Å². The first-order valence-corrected chi connectivity index (χ1v) is 4.50. The zero-order chi connectivity index (χ0) is 10.5. The topological polar surface area (TPSA) is 54.4 Å². The molecule has 74 valence electrons. The van der Waals surface area contributed by atoms with E-state index in [2.05, 4.69) is 15.5 Å². The number of aromatic nitrogens is 1. The van der Waals surface area contributed by atoms with E-state index in [0.29, 0.717) is 17.2 Å². The maximum absolute atomic E-state index is 10.5. The summed E-state index contributed by atoms with van der Waals surface area (Å²) in [4.78, 5) is 14.6. The molecule has 1 aromatic heterocycles. The van der Waals surface area contributed by atoms with E-state index in [0.717, 1.165) is 0 Å². The van der Waals surface area contributed by atoms with Gasteiger partial charge in [0.2, 0.25) is 0 Å². The van der Waals surface area contributed by atoms with Crippen LogP contribution in [-0.2, 0) is 0 Å². The third kappa shape index (κ3) is 2.17. The minimum Gasteiger partial charge on any atom is -0.338 e. The zero-order valence-corrected chi connectivity index (χ0v) is 7.92. The molecule has 0 atom stereocenters. The van der Waals surface area contributed by atoms with Crippen molar-refractivity contribution in [2.24, 2.45) is 5.18 Å². The number of para-hydroxylation sites is 1. The number of benzene rings is 1. The second kappa shape index (κ2) is 4.32. The van der Waals surface area contributed by atoms with Crippen molar-refractivity contribution in [2.75, 3.05) is 5.32 Å². The molecule has 2 rings (SSSR count). The van der Waals surface area contributed by atoms with Crippen LogP contribution in [0, 0.1) is 4.91 Å². The average Bonchev–Trinajstić information content (AvgIpc) is 2.31. The molecule has 0 saturated carbocycles. The molecule has 0 unspecified atom stereocenters. The molecule has 0 amide bonds. The van der Waals surface area contributed by atoms with Gasteiger partial charge in [-0.05, 0) is 29.4 Å². The molecule has 0 bridgehead atoms. The second-order valence-corrected chi connectivity index (χ2v) is 2.95. The molecule has 4 nitrogen and oxygen atoms in total. The Morgan fingerprint density at radius 3 is 2.60 bits per heavy atom. The summed E-state index contributed by atoms with van der Waals surface area (Å²) in [6, 6.07) is 12.5. The van der Waals surface area contributed by atoms with Crippen LogP contribution in [0.4, 0.5) is 17.2 Å². The van der Waals surface area contributed by atoms with E-state index in [1.165, 1.54) is 0 Å². The Hall–Kier alpha value is -2.23. The molecule has 4 heteroatoms. The van der Waals surface area contributed by atoms with Crippen molar-refractivity contribution < 1.29 is 0 Å². The van der Waals surface area contributed by atoms with Crippen LogP contribution in [0.25, 0.3) is 0 Å². The third-order valence-electron chi connectivity index (χ3n) is 1.93. The highest BCUT2D eigenvalue weighted by molar-refractivity contribution is 5.70. The summed E-state index contributed by atoms with van der Waals surface area (Å²) in [5, 5.41) is 5.94. The average molecular weight is 199 g/mol. The van der Waals surface area contributed by atoms with E-state index in [4.69, 9.17) is 0 Å². The number of hydrogen-bond donors (Lipinski definition) is 1. The van der Waals surface area contributed by atoms with Crippen molar-refractivity contribution in [1.82, 2.24) is 4.98 Å². The van der Waals surface area contributed by atoms with E-state index in [9.17, 15) is 4.91 Å². The Morgan fingerprint density at radius 1 is 1.07 bits per heavy atom. The maximum atomic E-state index is 10.5. The smallest absolute Gasteiger partial charge is 0.131 e. The minimum absolute atomic E-state index is 0.378. The fourth-order valence-corrected chi connectivity index (χ4v) is 1.23. The highest BCUT2D eigenvalue weighted by atomic mass is 16.3. The fraction of sp³-hybridized carbons (Fsp3) is 0. The van der Waals surface area contributed by atoms with Crippen LogP contribution in [0.2, 0.25) is 0 Å². The Bertz CT molecular complexity index is 456. The van der Waals surface area contributed by atoms with Gasteiger partial charge in [0.25, 0.3) is 0 Å². The summed E-state index contributed by atoms with van der Waals surface area (Å²) in [7, 11) is 0. The van der Waals surface area contributed by atoms with Crippen LogP contribution >= 0.6 is 0 Å². The lowest BCUT2D eigenvalue weighted by Crippen LogP contribution is -1.92. The maximum Gasteiger partial charge on any atom is 0.131 e. The third-order valence-corrected chi connectivity index (χ3v) is 1.93. The summed E-state index contributed by atoms with van der Waals surface area (Å²) in [5.74, 6) is 0.689. The van der Waals surface area contributed by atoms with Crippen molar-refractivity contribution in [3.05, 3.63) is 53.6 Å². The lowest BCUT2D eigenvalue weighted by Gasteiger charge is -2.05. The van der Waals surface area contributed by atoms with E-state index in [1.54, 1.807) is 24.4 Å². The van der Waals surface area contributed by atoms with E-state index < -0.39 is 0 Å². The van der Waals surface area contributed by atoms with Crippen LogP contribution in [0.15, 0.2) is 53.8 Å². The first kappa shape index (κ1) is 9.33. The Balaban J connectivity index is 2.28. The van der Waals surface area contributed by atoms with Gasteiger partial charge in [-0.2, -0.15) is 0 Å². The normalized spacial score (nSPS) is 9.60. The van der Waals surface area contributed by atoms with Gasteiger partial charge >= 0.3 is 0 Å². The molecule has 1 heterocycles. The second-order valence-electron chi connectivity index (χ2n) is 2.95. The monoisotopic (exact) mass is 199 g/mol. The molecular formula is C11H9N3O. The molecule has 0 radical (unpaired) electrons. The van der Waals surface area contributed by atoms with Crippen LogP contribution in [0.1, 0.15) is 0 Å². The first-order chi connectivity index (χ1) is 7.40. The zero-order valence-electron chi connectivity index (χ0n) is 7.92. The van der Waals surface area contributed by atoms with Gasteiger partial charge in [0.05, 0.1) is 5.69 Å². The number of rotatable bonds is 3. The van der Waals surface area contributed by atoms with Crippen molar-refractivity contribution >= 4 is 17.2 Å². The van der Waals surface area contributed by atoms with E-state index in [-0.39, 0.29) is 0 Å². The van der Waals surface area contributed by atoms with E-state index >= 15 is 0 Å². The Labute approximate surface area is 87.0 Å². The molecular weight excluding hydrogens is 190 g/mol. The lowest BCUT2D eigenvalue weighted by molar-refractivity contribution is 1.30. The van der Waals surface area contributed by atoms with Crippen LogP contribution in [0.3, 0.4) is 0 Å².